The van der Waals surface area contributed by atoms with Crippen molar-refractivity contribution in [2.45, 2.75) is 26.3 Å². The first-order chi connectivity index (χ1) is 16.1. The number of nitrogens with one attached hydrogen (secondary N) is 2. The van der Waals surface area contributed by atoms with Gasteiger partial charge in [0.05, 0.1) is 6.04 Å². The number of aromatic nitrogens is 1. The number of benzene rings is 2. The fourth-order valence-corrected chi connectivity index (χ4v) is 3.55. The summed E-state index contributed by atoms with van der Waals surface area (Å²) in [5.74, 6) is -2.07. The molecule has 0 aliphatic carbocycles. The predicted octanol–water partition coefficient (Wildman–Crippen LogP) is -4.35. The Morgan fingerprint density at radius 1 is 1.03 bits per heavy atom. The molecule has 0 aliphatic rings. The first-order valence-electron chi connectivity index (χ1n) is 10.4. The smallest absolute Gasteiger partial charge is 0.871 e. The van der Waals surface area contributed by atoms with Crippen LogP contribution in [0.25, 0.3) is 11.1 Å². The quantitative estimate of drug-likeness (QED) is 0.245. The van der Waals surface area contributed by atoms with Crippen molar-refractivity contribution >= 4 is 23.5 Å². The van der Waals surface area contributed by atoms with E-state index >= 15 is 0 Å². The normalized spacial score (nSPS) is 10.9. The largest absolute Gasteiger partial charge is 1.00 e. The molecule has 2 amide bonds. The Kier molecular flexibility index (Phi) is 12.1. The minimum Gasteiger partial charge on any atom is -0.871 e. The molecule has 0 bridgehead atoms. The summed E-state index contributed by atoms with van der Waals surface area (Å²) < 4.78 is 1.17. The number of amides is 2. The van der Waals surface area contributed by atoms with Crippen molar-refractivity contribution in [3.8, 4) is 16.9 Å². The summed E-state index contributed by atoms with van der Waals surface area (Å²) in [5, 5.41) is 28.4. The van der Waals surface area contributed by atoms with E-state index in [4.69, 9.17) is 0 Å². The van der Waals surface area contributed by atoms with Gasteiger partial charge in [-0.1, -0.05) is 48.2 Å². The van der Waals surface area contributed by atoms with Crippen molar-refractivity contribution in [2.24, 2.45) is 7.05 Å². The van der Waals surface area contributed by atoms with Crippen molar-refractivity contribution in [1.29, 1.82) is 0 Å². The van der Waals surface area contributed by atoms with Crippen LogP contribution in [0.5, 0.6) is 5.75 Å². The monoisotopic (exact) mass is 507 g/mol. The minimum atomic E-state index is -1.39. The number of anilines is 1. The van der Waals surface area contributed by atoms with Gasteiger partial charge in [-0.15, -0.1) is 0 Å². The molecule has 3 aromatic rings. The summed E-state index contributed by atoms with van der Waals surface area (Å²) in [7, 11) is 1.45. The van der Waals surface area contributed by atoms with E-state index in [0.29, 0.717) is 11.1 Å². The zero-order valence-corrected chi connectivity index (χ0v) is 24.9. The van der Waals surface area contributed by atoms with Crippen molar-refractivity contribution in [3.05, 3.63) is 81.8 Å². The SMILES string of the molecule is CC(=O)c1ccc(-c2cccc(C(CC(=O)[O-])NC(=O)Nc3c([O-])c(C)cn(C)c3=O)c2)cc1.[Na+].[Na+]. The number of carbonyl (C=O) groups excluding carboxylic acids is 3. The van der Waals surface area contributed by atoms with Crippen LogP contribution in [0, 0.1) is 6.92 Å². The summed E-state index contributed by atoms with van der Waals surface area (Å²) in [4.78, 5) is 47.7. The topological polar surface area (TPSA) is 143 Å². The van der Waals surface area contributed by atoms with Crippen LogP contribution in [0.1, 0.15) is 40.9 Å². The molecule has 0 aliphatic heterocycles. The second-order valence-electron chi connectivity index (χ2n) is 7.92. The number of rotatable bonds is 7. The molecule has 3 rings (SSSR count). The van der Waals surface area contributed by atoms with Crippen molar-refractivity contribution in [3.63, 3.8) is 0 Å². The number of carboxylic acid groups (broad SMARTS) is 1. The average Bonchev–Trinajstić information content (AvgIpc) is 2.80. The summed E-state index contributed by atoms with van der Waals surface area (Å²) in [6, 6.07) is 11.9. The average molecular weight is 507 g/mol. The minimum absolute atomic E-state index is 0. The van der Waals surface area contributed by atoms with E-state index in [1.165, 1.54) is 31.7 Å². The molecule has 1 heterocycles. The number of urea groups is 1. The molecular formula is C25H23N3Na2O6. The Bertz CT molecular complexity index is 1320. The second kappa shape index (κ2) is 13.8. The zero-order valence-electron chi connectivity index (χ0n) is 20.9. The Balaban J connectivity index is 0.00000324. The molecule has 0 saturated heterocycles. The fourth-order valence-electron chi connectivity index (χ4n) is 3.55. The maximum atomic E-state index is 12.6. The van der Waals surface area contributed by atoms with Crippen molar-refractivity contribution in [1.82, 2.24) is 9.88 Å². The second-order valence-corrected chi connectivity index (χ2v) is 7.92. The van der Waals surface area contributed by atoms with E-state index in [9.17, 15) is 29.4 Å². The van der Waals surface area contributed by atoms with Crippen LogP contribution >= 0.6 is 0 Å². The number of aryl methyl sites for hydroxylation is 2. The van der Waals surface area contributed by atoms with Crippen molar-refractivity contribution < 1.29 is 83.7 Å². The number of nitrogens with zero attached hydrogens (tertiary/aromatic N) is 1. The summed E-state index contributed by atoms with van der Waals surface area (Å²) >= 11 is 0. The van der Waals surface area contributed by atoms with Crippen LogP contribution in [0.3, 0.4) is 0 Å². The van der Waals surface area contributed by atoms with Crippen LogP contribution in [-0.2, 0) is 11.8 Å². The number of hydrogen-bond donors (Lipinski definition) is 2. The van der Waals surface area contributed by atoms with Gasteiger partial charge in [-0.05, 0) is 42.2 Å². The number of aliphatic carboxylic acids is 1. The molecule has 176 valence electrons. The molecular weight excluding hydrogens is 484 g/mol. The van der Waals surface area contributed by atoms with Gasteiger partial charge >= 0.3 is 65.1 Å². The summed E-state index contributed by atoms with van der Waals surface area (Å²) in [5.41, 5.74) is 1.74. The molecule has 1 aromatic heterocycles. The van der Waals surface area contributed by atoms with Crippen LogP contribution < -0.4 is 85.5 Å². The third kappa shape index (κ3) is 7.80. The fraction of sp³-hybridized carbons (Fsp3) is 0.200. The molecule has 2 aromatic carbocycles. The van der Waals surface area contributed by atoms with Gasteiger partial charge in [0.15, 0.2) is 5.78 Å². The van der Waals surface area contributed by atoms with Gasteiger partial charge < -0.3 is 30.2 Å². The predicted molar refractivity (Wildman–Crippen MR) is 122 cm³/mol. The number of hydrogen-bond acceptors (Lipinski definition) is 6. The molecule has 9 nitrogen and oxygen atoms in total. The number of ketones is 1. The van der Waals surface area contributed by atoms with E-state index in [2.05, 4.69) is 10.6 Å². The first-order valence-corrected chi connectivity index (χ1v) is 10.4. The van der Waals surface area contributed by atoms with Gasteiger partial charge in [0.1, 0.15) is 5.69 Å². The number of pyridine rings is 1. The molecule has 0 saturated carbocycles. The van der Waals surface area contributed by atoms with Crippen LogP contribution in [-0.4, -0.2) is 22.4 Å². The molecule has 0 spiro atoms. The number of Topliss-reactive ketones (excluding diaryl/α,β-unsaturated/α-hetero) is 1. The Labute approximate surface area is 252 Å². The van der Waals surface area contributed by atoms with Gasteiger partial charge in [0.25, 0.3) is 5.56 Å². The van der Waals surface area contributed by atoms with Gasteiger partial charge in [0.2, 0.25) is 0 Å². The summed E-state index contributed by atoms with van der Waals surface area (Å²) in [6.45, 7) is 2.98. The first kappa shape index (κ1) is 31.6. The van der Waals surface area contributed by atoms with E-state index in [0.717, 1.165) is 11.1 Å². The molecule has 0 fully saturated rings. The summed E-state index contributed by atoms with van der Waals surface area (Å²) in [6.07, 6.45) is 0.831. The Morgan fingerprint density at radius 2 is 1.67 bits per heavy atom. The van der Waals surface area contributed by atoms with E-state index in [1.54, 1.807) is 42.5 Å². The van der Waals surface area contributed by atoms with Gasteiger partial charge in [-0.25, -0.2) is 4.79 Å². The Morgan fingerprint density at radius 3 is 2.25 bits per heavy atom. The molecule has 1 unspecified atom stereocenters. The maximum Gasteiger partial charge on any atom is 1.00 e. The van der Waals surface area contributed by atoms with Crippen LogP contribution in [0.2, 0.25) is 0 Å². The van der Waals surface area contributed by atoms with Gasteiger partial charge in [-0.3, -0.25) is 9.59 Å². The molecule has 1 atom stereocenters. The maximum absolute atomic E-state index is 12.6. The number of carboxylic acids is 1. The molecule has 36 heavy (non-hydrogen) atoms. The molecule has 2 N–H and O–H groups in total. The van der Waals surface area contributed by atoms with Crippen LogP contribution in [0.4, 0.5) is 10.5 Å². The zero-order chi connectivity index (χ0) is 25.0. The molecule has 11 heteroatoms. The van der Waals surface area contributed by atoms with E-state index in [-0.39, 0.29) is 70.5 Å². The van der Waals surface area contributed by atoms with E-state index in [1.807, 2.05) is 6.07 Å². The van der Waals surface area contributed by atoms with Gasteiger partial charge in [-0.2, -0.15) is 0 Å². The Hall–Kier alpha value is -2.40. The third-order valence-corrected chi connectivity index (χ3v) is 5.34. The number of carbonyl (C=O) groups is 3. The van der Waals surface area contributed by atoms with E-state index < -0.39 is 41.5 Å². The van der Waals surface area contributed by atoms with Gasteiger partial charge in [0, 0.05) is 31.2 Å². The molecule has 0 radical (unpaired) electrons. The standard InChI is InChI=1S/C25H25N3O6.2Na/c1-14-13-28(3)24(33)22(23(14)32)27-25(34)26-20(12-21(30)31)19-6-4-5-18(11-19)17-9-7-16(8-10-17)15(2)29;;/h4-11,13,20,32H,12H2,1-3H3,(H,30,31)(H2,26,27,34);;/q;2*+1/p-2. The van der Waals surface area contributed by atoms with Crippen LogP contribution in [0.15, 0.2) is 59.5 Å². The van der Waals surface area contributed by atoms with Crippen molar-refractivity contribution in [2.75, 3.05) is 5.32 Å². The third-order valence-electron chi connectivity index (χ3n) is 5.34.